The Morgan fingerprint density at radius 2 is 2.21 bits per heavy atom. The monoisotopic (exact) mass is 263 g/mol. The molecule has 0 bridgehead atoms. The number of nitrogens with one attached hydrogen (secondary N) is 1. The maximum Gasteiger partial charge on any atom is 0.272 e. The van der Waals surface area contributed by atoms with Crippen LogP contribution >= 0.6 is 0 Å². The number of nitro benzene ring substituents is 1. The summed E-state index contributed by atoms with van der Waals surface area (Å²) in [6.07, 6.45) is 0. The summed E-state index contributed by atoms with van der Waals surface area (Å²) < 4.78 is 0. The first kappa shape index (κ1) is 14.0. The van der Waals surface area contributed by atoms with Gasteiger partial charge < -0.3 is 5.32 Å². The van der Waals surface area contributed by atoms with Crippen molar-refractivity contribution < 1.29 is 4.92 Å². The van der Waals surface area contributed by atoms with E-state index in [4.69, 9.17) is 0 Å². The lowest BCUT2D eigenvalue weighted by Gasteiger charge is -2.32. The van der Waals surface area contributed by atoms with Crippen LogP contribution in [0, 0.1) is 24.0 Å². The molecular formula is C14H21N3O2. The van der Waals surface area contributed by atoms with Gasteiger partial charge in [-0.3, -0.25) is 15.0 Å². The number of nitro groups is 1. The van der Waals surface area contributed by atoms with Crippen molar-refractivity contribution >= 4 is 5.69 Å². The van der Waals surface area contributed by atoms with Crippen molar-refractivity contribution in [1.82, 2.24) is 10.2 Å². The van der Waals surface area contributed by atoms with Gasteiger partial charge in [0.05, 0.1) is 4.92 Å². The molecule has 5 heteroatoms. The van der Waals surface area contributed by atoms with Crippen LogP contribution in [0.4, 0.5) is 5.69 Å². The van der Waals surface area contributed by atoms with Gasteiger partial charge in [-0.25, -0.2) is 0 Å². The summed E-state index contributed by atoms with van der Waals surface area (Å²) in [7, 11) is 0. The van der Waals surface area contributed by atoms with Gasteiger partial charge in [0.2, 0.25) is 0 Å². The van der Waals surface area contributed by atoms with E-state index in [0.717, 1.165) is 42.9 Å². The molecule has 1 aromatic rings. The van der Waals surface area contributed by atoms with Crippen molar-refractivity contribution in [2.75, 3.05) is 19.6 Å². The molecule has 19 heavy (non-hydrogen) atoms. The van der Waals surface area contributed by atoms with Gasteiger partial charge in [-0.1, -0.05) is 6.07 Å². The largest absolute Gasteiger partial charge is 0.312 e. The molecule has 1 fully saturated rings. The summed E-state index contributed by atoms with van der Waals surface area (Å²) in [6, 6.07) is 4.20. The lowest BCUT2D eigenvalue weighted by atomic mass is 10.0. The molecule has 2 rings (SSSR count). The lowest BCUT2D eigenvalue weighted by molar-refractivity contribution is -0.385. The highest BCUT2D eigenvalue weighted by molar-refractivity contribution is 5.47. The van der Waals surface area contributed by atoms with E-state index in [1.54, 1.807) is 6.07 Å². The van der Waals surface area contributed by atoms with Gasteiger partial charge in [0, 0.05) is 43.9 Å². The van der Waals surface area contributed by atoms with E-state index >= 15 is 0 Å². The van der Waals surface area contributed by atoms with Gasteiger partial charge in [-0.15, -0.1) is 0 Å². The Morgan fingerprint density at radius 1 is 1.47 bits per heavy atom. The van der Waals surface area contributed by atoms with E-state index in [-0.39, 0.29) is 10.6 Å². The quantitative estimate of drug-likeness (QED) is 0.669. The number of benzene rings is 1. The van der Waals surface area contributed by atoms with Crippen molar-refractivity contribution in [2.24, 2.45) is 0 Å². The van der Waals surface area contributed by atoms with Crippen molar-refractivity contribution in [3.8, 4) is 0 Å². The Balaban J connectivity index is 2.22. The van der Waals surface area contributed by atoms with Gasteiger partial charge in [-0.05, 0) is 31.9 Å². The minimum Gasteiger partial charge on any atom is -0.312 e. The maximum atomic E-state index is 11.1. The normalized spacial score (nSPS) is 20.5. The van der Waals surface area contributed by atoms with E-state index in [0.29, 0.717) is 6.04 Å². The Hall–Kier alpha value is -1.46. The van der Waals surface area contributed by atoms with Crippen molar-refractivity contribution in [3.63, 3.8) is 0 Å². The zero-order valence-electron chi connectivity index (χ0n) is 11.8. The highest BCUT2D eigenvalue weighted by Gasteiger charge is 2.19. The molecule has 0 amide bonds. The molecule has 0 unspecified atom stereocenters. The summed E-state index contributed by atoms with van der Waals surface area (Å²) in [5.74, 6) is 0. The number of hydrogen-bond donors (Lipinski definition) is 1. The minimum atomic E-state index is -0.285. The molecule has 1 N–H and O–H groups in total. The fourth-order valence-corrected chi connectivity index (χ4v) is 2.66. The molecule has 0 radical (unpaired) electrons. The first-order valence-corrected chi connectivity index (χ1v) is 6.67. The molecule has 0 aliphatic carbocycles. The van der Waals surface area contributed by atoms with E-state index in [1.165, 1.54) is 0 Å². The Labute approximate surface area is 113 Å². The smallest absolute Gasteiger partial charge is 0.272 e. The minimum absolute atomic E-state index is 0.234. The Morgan fingerprint density at radius 3 is 2.84 bits per heavy atom. The fourth-order valence-electron chi connectivity index (χ4n) is 2.66. The SMILES string of the molecule is Cc1cc(CN2CCN[C@@H](C)C2)c(C)c([N+](=O)[O-])c1. The summed E-state index contributed by atoms with van der Waals surface area (Å²) >= 11 is 0. The van der Waals surface area contributed by atoms with E-state index in [1.807, 2.05) is 13.8 Å². The third kappa shape index (κ3) is 3.30. The van der Waals surface area contributed by atoms with Crippen LogP contribution in [0.3, 0.4) is 0 Å². The third-order valence-electron chi connectivity index (χ3n) is 3.68. The van der Waals surface area contributed by atoms with E-state index in [2.05, 4.69) is 23.2 Å². The van der Waals surface area contributed by atoms with Gasteiger partial charge in [0.1, 0.15) is 0 Å². The van der Waals surface area contributed by atoms with Gasteiger partial charge in [0.25, 0.3) is 5.69 Å². The van der Waals surface area contributed by atoms with Gasteiger partial charge >= 0.3 is 0 Å². The molecule has 1 aliphatic heterocycles. The second-order valence-corrected chi connectivity index (χ2v) is 5.42. The first-order valence-electron chi connectivity index (χ1n) is 6.67. The highest BCUT2D eigenvalue weighted by atomic mass is 16.6. The number of piperazine rings is 1. The predicted molar refractivity (Wildman–Crippen MR) is 75.3 cm³/mol. The molecule has 1 aromatic carbocycles. The van der Waals surface area contributed by atoms with Crippen LogP contribution in [0.15, 0.2) is 12.1 Å². The van der Waals surface area contributed by atoms with Crippen LogP contribution < -0.4 is 5.32 Å². The molecule has 0 spiro atoms. The predicted octanol–water partition coefficient (Wildman–Crippen LogP) is 2.01. The molecule has 1 atom stereocenters. The maximum absolute atomic E-state index is 11.1. The summed E-state index contributed by atoms with van der Waals surface area (Å²) in [5.41, 5.74) is 3.05. The molecule has 1 saturated heterocycles. The van der Waals surface area contributed by atoms with Crippen LogP contribution in [0.5, 0.6) is 0 Å². The highest BCUT2D eigenvalue weighted by Crippen LogP contribution is 2.25. The number of nitrogens with zero attached hydrogens (tertiary/aromatic N) is 2. The summed E-state index contributed by atoms with van der Waals surface area (Å²) in [6.45, 7) is 9.67. The molecular weight excluding hydrogens is 242 g/mol. The van der Waals surface area contributed by atoms with Crippen LogP contribution in [0.25, 0.3) is 0 Å². The molecule has 0 saturated carbocycles. The Kier molecular flexibility index (Phi) is 4.17. The van der Waals surface area contributed by atoms with Crippen molar-refractivity contribution in [1.29, 1.82) is 0 Å². The van der Waals surface area contributed by atoms with Crippen LogP contribution in [0.2, 0.25) is 0 Å². The standard InChI is InChI=1S/C14H21N3O2/c1-10-6-13(12(3)14(7-10)17(18)19)9-16-5-4-15-11(2)8-16/h6-7,11,15H,4-5,8-9H2,1-3H3/t11-/m0/s1. The Bertz CT molecular complexity index is 488. The zero-order chi connectivity index (χ0) is 14.0. The fraction of sp³-hybridized carbons (Fsp3) is 0.571. The zero-order valence-corrected chi connectivity index (χ0v) is 11.8. The molecule has 5 nitrogen and oxygen atoms in total. The van der Waals surface area contributed by atoms with E-state index in [9.17, 15) is 10.1 Å². The molecule has 1 heterocycles. The van der Waals surface area contributed by atoms with Gasteiger partial charge in [-0.2, -0.15) is 0 Å². The second-order valence-electron chi connectivity index (χ2n) is 5.42. The molecule has 104 valence electrons. The van der Waals surface area contributed by atoms with Crippen LogP contribution in [-0.2, 0) is 6.54 Å². The van der Waals surface area contributed by atoms with Crippen LogP contribution in [0.1, 0.15) is 23.6 Å². The topological polar surface area (TPSA) is 58.4 Å². The number of hydrogen-bond acceptors (Lipinski definition) is 4. The summed E-state index contributed by atoms with van der Waals surface area (Å²) in [4.78, 5) is 13.1. The van der Waals surface area contributed by atoms with Crippen molar-refractivity contribution in [3.05, 3.63) is 38.9 Å². The molecule has 1 aliphatic rings. The average Bonchev–Trinajstić information content (AvgIpc) is 2.33. The number of aryl methyl sites for hydroxylation is 1. The summed E-state index contributed by atoms with van der Waals surface area (Å²) in [5, 5.41) is 14.5. The molecule has 0 aromatic heterocycles. The third-order valence-corrected chi connectivity index (χ3v) is 3.68. The lowest BCUT2D eigenvalue weighted by Crippen LogP contribution is -2.48. The second kappa shape index (κ2) is 5.67. The average molecular weight is 263 g/mol. The number of rotatable bonds is 3. The van der Waals surface area contributed by atoms with Crippen LogP contribution in [-0.4, -0.2) is 35.5 Å². The first-order chi connectivity index (χ1) is 8.97. The van der Waals surface area contributed by atoms with Crippen molar-refractivity contribution in [2.45, 2.75) is 33.4 Å². The van der Waals surface area contributed by atoms with E-state index < -0.39 is 0 Å². The van der Waals surface area contributed by atoms with Gasteiger partial charge in [0.15, 0.2) is 0 Å².